The van der Waals surface area contributed by atoms with E-state index in [4.69, 9.17) is 4.74 Å². The van der Waals surface area contributed by atoms with Crippen molar-refractivity contribution in [2.24, 2.45) is 0 Å². The number of piperidine rings is 1. The number of likely N-dealkylation sites (tertiary alicyclic amines) is 1. The van der Waals surface area contributed by atoms with Gasteiger partial charge in [0.15, 0.2) is 0 Å². The smallest absolute Gasteiger partial charge is 0.408 e. The van der Waals surface area contributed by atoms with Crippen LogP contribution in [0.5, 0.6) is 5.75 Å². The number of carbonyl (C=O) groups excluding carboxylic acids is 2. The maximum absolute atomic E-state index is 13.3. The van der Waals surface area contributed by atoms with Gasteiger partial charge in [-0.15, -0.1) is 0 Å². The number of nitrogens with zero attached hydrogens (tertiary/aromatic N) is 1. The van der Waals surface area contributed by atoms with E-state index in [9.17, 15) is 22.8 Å². The fourth-order valence-corrected chi connectivity index (χ4v) is 3.11. The predicted octanol–water partition coefficient (Wildman–Crippen LogP) is 2.30. The molecule has 1 saturated heterocycles. The number of ether oxygens (including phenoxy) is 1. The lowest BCUT2D eigenvalue weighted by Crippen LogP contribution is -2.58. The molecular weight excluding hydrogens is 337 g/mol. The van der Waals surface area contributed by atoms with Crippen LogP contribution in [0.15, 0.2) is 24.3 Å². The molecule has 2 unspecified atom stereocenters. The summed E-state index contributed by atoms with van der Waals surface area (Å²) in [6, 6.07) is 4.41. The van der Waals surface area contributed by atoms with Gasteiger partial charge in [0.2, 0.25) is 11.8 Å². The molecule has 0 bridgehead atoms. The molecule has 1 aliphatic rings. The third-order valence-corrected chi connectivity index (χ3v) is 4.22. The number of alkyl halides is 3. The molecule has 2 amide bonds. The Balaban J connectivity index is 2.19. The quantitative estimate of drug-likeness (QED) is 0.899. The zero-order valence-corrected chi connectivity index (χ0v) is 14.1. The lowest BCUT2D eigenvalue weighted by atomic mass is 9.96. The molecule has 1 aromatic carbocycles. The van der Waals surface area contributed by atoms with Crippen molar-refractivity contribution in [3.05, 3.63) is 29.8 Å². The minimum absolute atomic E-state index is 0.155. The first kappa shape index (κ1) is 19.1. The molecule has 1 N–H and O–H groups in total. The van der Waals surface area contributed by atoms with Crippen LogP contribution >= 0.6 is 0 Å². The topological polar surface area (TPSA) is 58.6 Å². The van der Waals surface area contributed by atoms with Crippen molar-refractivity contribution >= 4 is 11.8 Å². The molecule has 1 fully saturated rings. The standard InChI is InChI=1S/C17H21F3N2O3/c1-11(23)21-13-7-8-15(17(18,19)20)22(10-13)16(24)9-12-5-3-4-6-14(12)25-2/h3-6,13,15H,7-10H2,1-2H3,(H,21,23). The van der Waals surface area contributed by atoms with Crippen LogP contribution in [0.25, 0.3) is 0 Å². The molecule has 2 rings (SSSR count). The predicted molar refractivity (Wildman–Crippen MR) is 85.1 cm³/mol. The van der Waals surface area contributed by atoms with Crippen LogP contribution in [-0.4, -0.2) is 48.6 Å². The van der Waals surface area contributed by atoms with Crippen molar-refractivity contribution in [1.82, 2.24) is 10.2 Å². The Kier molecular flexibility index (Phi) is 5.92. The number of amides is 2. The summed E-state index contributed by atoms with van der Waals surface area (Å²) in [6.45, 7) is 1.15. The Morgan fingerprint density at radius 1 is 1.28 bits per heavy atom. The molecule has 0 aromatic heterocycles. The van der Waals surface area contributed by atoms with Crippen LogP contribution in [0.2, 0.25) is 0 Å². The van der Waals surface area contributed by atoms with Gasteiger partial charge in [-0.1, -0.05) is 18.2 Å². The highest BCUT2D eigenvalue weighted by molar-refractivity contribution is 5.80. The van der Waals surface area contributed by atoms with E-state index in [1.807, 2.05) is 0 Å². The minimum atomic E-state index is -4.50. The summed E-state index contributed by atoms with van der Waals surface area (Å²) in [7, 11) is 1.44. The number of halogens is 3. The third kappa shape index (κ3) is 4.87. The van der Waals surface area contributed by atoms with E-state index < -0.39 is 24.2 Å². The van der Waals surface area contributed by atoms with Gasteiger partial charge >= 0.3 is 6.18 Å². The van der Waals surface area contributed by atoms with E-state index >= 15 is 0 Å². The molecule has 8 heteroatoms. The highest BCUT2D eigenvalue weighted by atomic mass is 19.4. The summed E-state index contributed by atoms with van der Waals surface area (Å²) in [5.41, 5.74) is 0.526. The Hall–Kier alpha value is -2.25. The molecule has 25 heavy (non-hydrogen) atoms. The first-order valence-corrected chi connectivity index (χ1v) is 7.97. The highest BCUT2D eigenvalue weighted by Crippen LogP contribution is 2.33. The molecule has 0 radical (unpaired) electrons. The number of hydrogen-bond acceptors (Lipinski definition) is 3. The number of benzene rings is 1. The van der Waals surface area contributed by atoms with E-state index in [0.717, 1.165) is 4.90 Å². The second-order valence-electron chi connectivity index (χ2n) is 6.07. The Labute approximate surface area is 144 Å². The second-order valence-corrected chi connectivity index (χ2v) is 6.07. The monoisotopic (exact) mass is 358 g/mol. The van der Waals surface area contributed by atoms with E-state index in [0.29, 0.717) is 11.3 Å². The molecule has 138 valence electrons. The molecule has 5 nitrogen and oxygen atoms in total. The summed E-state index contributed by atoms with van der Waals surface area (Å²) in [6.07, 6.45) is -4.74. The summed E-state index contributed by atoms with van der Waals surface area (Å²) in [5, 5.41) is 2.60. The van der Waals surface area contributed by atoms with Crippen molar-refractivity contribution < 1.29 is 27.5 Å². The minimum Gasteiger partial charge on any atom is -0.496 e. The summed E-state index contributed by atoms with van der Waals surface area (Å²) in [5.74, 6) is -0.510. The lowest BCUT2D eigenvalue weighted by Gasteiger charge is -2.40. The van der Waals surface area contributed by atoms with Crippen molar-refractivity contribution in [2.75, 3.05) is 13.7 Å². The van der Waals surface area contributed by atoms with E-state index in [1.54, 1.807) is 24.3 Å². The van der Waals surface area contributed by atoms with E-state index in [-0.39, 0.29) is 31.7 Å². The average Bonchev–Trinajstić information content (AvgIpc) is 2.53. The lowest BCUT2D eigenvalue weighted by molar-refractivity contribution is -0.197. The van der Waals surface area contributed by atoms with Gasteiger partial charge in [0.25, 0.3) is 0 Å². The molecule has 1 aliphatic heterocycles. The van der Waals surface area contributed by atoms with Gasteiger partial charge in [-0.3, -0.25) is 9.59 Å². The van der Waals surface area contributed by atoms with Gasteiger partial charge in [0, 0.05) is 25.1 Å². The average molecular weight is 358 g/mol. The summed E-state index contributed by atoms with van der Waals surface area (Å²) in [4.78, 5) is 24.6. The maximum atomic E-state index is 13.3. The fourth-order valence-electron chi connectivity index (χ4n) is 3.11. The normalized spacial score (nSPS) is 20.9. The van der Waals surface area contributed by atoms with Gasteiger partial charge in [-0.05, 0) is 18.9 Å². The van der Waals surface area contributed by atoms with Gasteiger partial charge < -0.3 is 15.0 Å². The van der Waals surface area contributed by atoms with Crippen LogP contribution < -0.4 is 10.1 Å². The largest absolute Gasteiger partial charge is 0.496 e. The number of rotatable bonds is 4. The Bertz CT molecular complexity index is 634. The van der Waals surface area contributed by atoms with Crippen molar-refractivity contribution in [3.63, 3.8) is 0 Å². The first-order chi connectivity index (χ1) is 11.7. The Morgan fingerprint density at radius 2 is 1.96 bits per heavy atom. The molecule has 2 atom stereocenters. The van der Waals surface area contributed by atoms with Gasteiger partial charge in [-0.25, -0.2) is 0 Å². The molecule has 0 saturated carbocycles. The van der Waals surface area contributed by atoms with Crippen LogP contribution in [-0.2, 0) is 16.0 Å². The Morgan fingerprint density at radius 3 is 2.56 bits per heavy atom. The molecular formula is C17H21F3N2O3. The number of nitrogens with one attached hydrogen (secondary N) is 1. The number of para-hydroxylation sites is 1. The van der Waals surface area contributed by atoms with Gasteiger partial charge in [0.05, 0.1) is 13.5 Å². The number of carbonyl (C=O) groups is 2. The van der Waals surface area contributed by atoms with Gasteiger partial charge in [0.1, 0.15) is 11.8 Å². The van der Waals surface area contributed by atoms with Crippen molar-refractivity contribution in [2.45, 2.75) is 44.4 Å². The van der Waals surface area contributed by atoms with Crippen molar-refractivity contribution in [3.8, 4) is 5.75 Å². The fraction of sp³-hybridized carbons (Fsp3) is 0.529. The van der Waals surface area contributed by atoms with Crippen LogP contribution in [0.4, 0.5) is 13.2 Å². The molecule has 0 aliphatic carbocycles. The molecule has 0 spiro atoms. The number of hydrogen-bond donors (Lipinski definition) is 1. The van der Waals surface area contributed by atoms with Crippen LogP contribution in [0.1, 0.15) is 25.3 Å². The zero-order valence-electron chi connectivity index (χ0n) is 14.1. The van der Waals surface area contributed by atoms with E-state index in [1.165, 1.54) is 14.0 Å². The zero-order chi connectivity index (χ0) is 18.6. The molecule has 1 heterocycles. The maximum Gasteiger partial charge on any atom is 0.408 e. The van der Waals surface area contributed by atoms with E-state index in [2.05, 4.69) is 5.32 Å². The SMILES string of the molecule is COc1ccccc1CC(=O)N1CC(NC(C)=O)CCC1C(F)(F)F. The summed E-state index contributed by atoms with van der Waals surface area (Å²) < 4.78 is 45.1. The molecule has 1 aromatic rings. The van der Waals surface area contributed by atoms with Crippen LogP contribution in [0, 0.1) is 0 Å². The van der Waals surface area contributed by atoms with Gasteiger partial charge in [-0.2, -0.15) is 13.2 Å². The third-order valence-electron chi connectivity index (χ3n) is 4.22. The van der Waals surface area contributed by atoms with Crippen molar-refractivity contribution in [1.29, 1.82) is 0 Å². The van der Waals surface area contributed by atoms with Crippen LogP contribution in [0.3, 0.4) is 0 Å². The number of methoxy groups -OCH3 is 1. The summed E-state index contributed by atoms with van der Waals surface area (Å²) >= 11 is 0. The second kappa shape index (κ2) is 7.76. The highest BCUT2D eigenvalue weighted by Gasteiger charge is 2.48. The first-order valence-electron chi connectivity index (χ1n) is 7.97.